The van der Waals surface area contributed by atoms with E-state index in [2.05, 4.69) is 5.32 Å². The van der Waals surface area contributed by atoms with Crippen molar-refractivity contribution in [1.29, 1.82) is 0 Å². The second-order valence-corrected chi connectivity index (χ2v) is 12.5. The van der Waals surface area contributed by atoms with Crippen molar-refractivity contribution in [2.45, 2.75) is 43.0 Å². The van der Waals surface area contributed by atoms with E-state index >= 15 is 0 Å². The quantitative estimate of drug-likeness (QED) is 0.552. The van der Waals surface area contributed by atoms with Gasteiger partial charge in [-0.25, -0.2) is 8.42 Å². The van der Waals surface area contributed by atoms with Crippen LogP contribution in [0.2, 0.25) is 0 Å². The lowest BCUT2D eigenvalue weighted by Gasteiger charge is -2.38. The van der Waals surface area contributed by atoms with E-state index in [1.807, 2.05) is 6.92 Å². The highest BCUT2D eigenvalue weighted by Crippen LogP contribution is 2.33. The molecule has 2 aliphatic rings. The number of ether oxygens (including phenoxy) is 1. The summed E-state index contributed by atoms with van der Waals surface area (Å²) in [5.74, 6) is -0.282. The number of amides is 2. The second kappa shape index (κ2) is 10.3. The molecular formula is C24H31N3O6S2. The number of hydrogen-bond acceptors (Lipinski definition) is 7. The minimum absolute atomic E-state index is 0.0148. The maximum absolute atomic E-state index is 13.5. The Hall–Kier alpha value is -2.47. The molecule has 2 aromatic rings. The fourth-order valence-electron chi connectivity index (χ4n) is 4.02. The van der Waals surface area contributed by atoms with Gasteiger partial charge < -0.3 is 20.1 Å². The first-order chi connectivity index (χ1) is 16.6. The Kier molecular flexibility index (Phi) is 7.51. The maximum Gasteiger partial charge on any atom is 0.258 e. The largest absolute Gasteiger partial charge is 0.488 e. The molecule has 0 radical (unpaired) electrons. The van der Waals surface area contributed by atoms with Gasteiger partial charge >= 0.3 is 0 Å². The monoisotopic (exact) mass is 521 g/mol. The number of aliphatic hydroxyl groups is 1. The van der Waals surface area contributed by atoms with E-state index in [4.69, 9.17) is 4.74 Å². The van der Waals surface area contributed by atoms with Gasteiger partial charge in [0.1, 0.15) is 16.1 Å². The predicted molar refractivity (Wildman–Crippen MR) is 133 cm³/mol. The predicted octanol–water partition coefficient (Wildman–Crippen LogP) is 2.64. The molecule has 9 nitrogen and oxygen atoms in total. The highest BCUT2D eigenvalue weighted by molar-refractivity contribution is 7.91. The van der Waals surface area contributed by atoms with Gasteiger partial charge in [-0.3, -0.25) is 9.59 Å². The van der Waals surface area contributed by atoms with Crippen LogP contribution >= 0.6 is 11.3 Å². The van der Waals surface area contributed by atoms with Crippen molar-refractivity contribution in [2.24, 2.45) is 11.8 Å². The first-order valence-electron chi connectivity index (χ1n) is 11.6. The molecule has 1 aliphatic heterocycles. The van der Waals surface area contributed by atoms with Crippen molar-refractivity contribution in [3.05, 3.63) is 41.3 Å². The molecule has 1 fully saturated rings. The van der Waals surface area contributed by atoms with E-state index in [-0.39, 0.29) is 53.1 Å². The molecule has 0 bridgehead atoms. The van der Waals surface area contributed by atoms with E-state index in [9.17, 15) is 23.1 Å². The van der Waals surface area contributed by atoms with Gasteiger partial charge in [0.05, 0.1) is 24.8 Å². The summed E-state index contributed by atoms with van der Waals surface area (Å²) in [4.78, 5) is 27.3. The standard InChI is InChI=1S/C24H31N3O6S2/c1-15-12-27(16(2)14-28)24(30)19-11-18(25-23(29)17-6-7-17)8-9-20(19)33-21(15)13-26(3)35(31,32)22-5-4-10-34-22/h4-5,8-11,15-17,21,28H,6-7,12-14H2,1-3H3,(H,25,29)/t15-,16+,21-/m0/s1. The van der Waals surface area contributed by atoms with Crippen molar-refractivity contribution in [3.8, 4) is 5.75 Å². The Labute approximate surface area is 209 Å². The van der Waals surface area contributed by atoms with Crippen LogP contribution < -0.4 is 10.1 Å². The third-order valence-electron chi connectivity index (χ3n) is 6.48. The number of thiophene rings is 1. The summed E-state index contributed by atoms with van der Waals surface area (Å²) in [5.41, 5.74) is 0.760. The van der Waals surface area contributed by atoms with Gasteiger partial charge in [0.15, 0.2) is 0 Å². The van der Waals surface area contributed by atoms with Crippen molar-refractivity contribution in [2.75, 3.05) is 32.1 Å². The third kappa shape index (κ3) is 5.53. The number of hydrogen-bond donors (Lipinski definition) is 2. The average Bonchev–Trinajstić information content (AvgIpc) is 3.54. The molecule has 1 saturated carbocycles. The third-order valence-corrected chi connectivity index (χ3v) is 9.67. The number of sulfonamides is 1. The lowest BCUT2D eigenvalue weighted by atomic mass is 9.99. The zero-order valence-electron chi connectivity index (χ0n) is 20.0. The number of carbonyl (C=O) groups excluding carboxylic acids is 2. The van der Waals surface area contributed by atoms with Crippen LogP contribution in [0.3, 0.4) is 0 Å². The number of likely N-dealkylation sites (N-methyl/N-ethyl adjacent to an activating group) is 1. The zero-order valence-corrected chi connectivity index (χ0v) is 21.6. The van der Waals surface area contributed by atoms with Gasteiger partial charge in [-0.05, 0) is 49.4 Å². The van der Waals surface area contributed by atoms with Crippen LogP contribution in [0.15, 0.2) is 39.9 Å². The molecule has 3 atom stereocenters. The van der Waals surface area contributed by atoms with Crippen molar-refractivity contribution in [1.82, 2.24) is 9.21 Å². The summed E-state index contributed by atoms with van der Waals surface area (Å²) in [6.45, 7) is 3.79. The molecule has 0 unspecified atom stereocenters. The number of aliphatic hydroxyl groups excluding tert-OH is 1. The molecule has 11 heteroatoms. The van der Waals surface area contributed by atoms with Crippen LogP contribution in [0.5, 0.6) is 5.75 Å². The lowest BCUT2D eigenvalue weighted by molar-refractivity contribution is -0.117. The smallest absolute Gasteiger partial charge is 0.258 e. The number of carbonyl (C=O) groups is 2. The number of fused-ring (bicyclic) bond motifs is 1. The molecule has 0 spiro atoms. The lowest BCUT2D eigenvalue weighted by Crippen LogP contribution is -2.50. The average molecular weight is 522 g/mol. The van der Waals surface area contributed by atoms with E-state index in [1.165, 1.54) is 11.4 Å². The summed E-state index contributed by atoms with van der Waals surface area (Å²) in [5, 5.41) is 14.4. The Bertz CT molecular complexity index is 1180. The Morgan fingerprint density at radius 2 is 2.09 bits per heavy atom. The normalized spacial score (nSPS) is 21.6. The first kappa shape index (κ1) is 25.6. The first-order valence-corrected chi connectivity index (χ1v) is 14.0. The number of nitrogens with zero attached hydrogens (tertiary/aromatic N) is 2. The number of rotatable bonds is 8. The molecule has 1 aliphatic carbocycles. The highest BCUT2D eigenvalue weighted by Gasteiger charge is 2.36. The summed E-state index contributed by atoms with van der Waals surface area (Å²) in [6, 6.07) is 7.71. The van der Waals surface area contributed by atoms with E-state index in [1.54, 1.807) is 47.5 Å². The number of anilines is 1. The van der Waals surface area contributed by atoms with Gasteiger partial charge in [0, 0.05) is 31.1 Å². The summed E-state index contributed by atoms with van der Waals surface area (Å²) in [6.07, 6.45) is 1.17. The summed E-state index contributed by atoms with van der Waals surface area (Å²) in [7, 11) is -2.17. The van der Waals surface area contributed by atoms with Crippen molar-refractivity contribution < 1.29 is 27.9 Å². The number of benzene rings is 1. The van der Waals surface area contributed by atoms with E-state index in [0.29, 0.717) is 11.4 Å². The fraction of sp³-hybridized carbons (Fsp3) is 0.500. The molecule has 190 valence electrons. The van der Waals surface area contributed by atoms with Crippen LogP contribution in [0.4, 0.5) is 5.69 Å². The van der Waals surface area contributed by atoms with Gasteiger partial charge in [-0.1, -0.05) is 13.0 Å². The Morgan fingerprint density at radius 3 is 2.71 bits per heavy atom. The molecule has 1 aromatic heterocycles. The Balaban J connectivity index is 1.65. The van der Waals surface area contributed by atoms with E-state index < -0.39 is 22.2 Å². The minimum Gasteiger partial charge on any atom is -0.488 e. The van der Waals surface area contributed by atoms with E-state index in [0.717, 1.165) is 24.2 Å². The van der Waals surface area contributed by atoms with Crippen LogP contribution in [-0.2, 0) is 14.8 Å². The van der Waals surface area contributed by atoms with Crippen LogP contribution in [0, 0.1) is 11.8 Å². The molecule has 0 saturated heterocycles. The van der Waals surface area contributed by atoms with Crippen LogP contribution in [0.25, 0.3) is 0 Å². The second-order valence-electron chi connectivity index (χ2n) is 9.31. The SMILES string of the molecule is C[C@H](CO)N1C[C@H](C)[C@H](CN(C)S(=O)(=O)c2cccs2)Oc2ccc(NC(=O)C3CC3)cc2C1=O. The molecule has 35 heavy (non-hydrogen) atoms. The summed E-state index contributed by atoms with van der Waals surface area (Å²) < 4.78 is 33.8. The molecule has 2 heterocycles. The molecule has 2 N–H and O–H groups in total. The van der Waals surface area contributed by atoms with Crippen LogP contribution in [-0.4, -0.2) is 73.4 Å². The Morgan fingerprint density at radius 1 is 1.34 bits per heavy atom. The topological polar surface area (TPSA) is 116 Å². The summed E-state index contributed by atoms with van der Waals surface area (Å²) >= 11 is 1.15. The van der Waals surface area contributed by atoms with Gasteiger partial charge in [0.2, 0.25) is 5.91 Å². The minimum atomic E-state index is -3.68. The highest BCUT2D eigenvalue weighted by atomic mass is 32.2. The maximum atomic E-state index is 13.5. The van der Waals surface area contributed by atoms with Gasteiger partial charge in [-0.2, -0.15) is 4.31 Å². The molecule has 2 amide bonds. The fourth-order valence-corrected chi connectivity index (χ4v) is 6.41. The molecule has 1 aromatic carbocycles. The zero-order chi connectivity index (χ0) is 25.3. The molecular weight excluding hydrogens is 490 g/mol. The molecule has 4 rings (SSSR count). The number of nitrogens with one attached hydrogen (secondary N) is 1. The van der Waals surface area contributed by atoms with Crippen LogP contribution in [0.1, 0.15) is 37.0 Å². The van der Waals surface area contributed by atoms with Crippen molar-refractivity contribution >= 4 is 38.9 Å². The van der Waals surface area contributed by atoms with Gasteiger partial charge in [-0.15, -0.1) is 11.3 Å². The van der Waals surface area contributed by atoms with Crippen molar-refractivity contribution in [3.63, 3.8) is 0 Å². The van der Waals surface area contributed by atoms with Gasteiger partial charge in [0.25, 0.3) is 15.9 Å².